The molecule has 1 aliphatic heterocycles. The van der Waals surface area contributed by atoms with Crippen molar-refractivity contribution in [3.63, 3.8) is 0 Å². The Bertz CT molecular complexity index is 892. The number of nitrogens with zero attached hydrogens (tertiary/aromatic N) is 1. The largest absolute Gasteiger partial charge is 0.444 e. The summed E-state index contributed by atoms with van der Waals surface area (Å²) >= 11 is 0. The normalized spacial score (nSPS) is 17.3. The molecule has 2 fully saturated rings. The number of carbonyl (C=O) groups is 3. The van der Waals surface area contributed by atoms with Crippen LogP contribution in [0.4, 0.5) is 5.69 Å². The summed E-state index contributed by atoms with van der Waals surface area (Å²) in [5.41, 5.74) is 1.62. The smallest absolute Gasteiger partial charge is 0.339 e. The van der Waals surface area contributed by atoms with E-state index in [2.05, 4.69) is 5.32 Å². The number of benzene rings is 2. The Morgan fingerprint density at radius 1 is 1.07 bits per heavy atom. The van der Waals surface area contributed by atoms with Crippen molar-refractivity contribution in [1.82, 2.24) is 5.32 Å². The highest BCUT2D eigenvalue weighted by molar-refractivity contribution is 5.98. The average Bonchev–Trinajstić information content (AvgIpc) is 3.43. The van der Waals surface area contributed by atoms with Crippen LogP contribution < -0.4 is 10.2 Å². The minimum atomic E-state index is -1.01. The fraction of sp³-hybridized carbons (Fsp3) is 0.318. The van der Waals surface area contributed by atoms with E-state index in [-0.39, 0.29) is 17.9 Å². The van der Waals surface area contributed by atoms with E-state index in [9.17, 15) is 14.4 Å². The number of anilines is 1. The van der Waals surface area contributed by atoms with Gasteiger partial charge in [0.15, 0.2) is 0 Å². The molecule has 0 radical (unpaired) electrons. The maximum absolute atomic E-state index is 12.8. The van der Waals surface area contributed by atoms with Crippen molar-refractivity contribution < 1.29 is 19.1 Å². The van der Waals surface area contributed by atoms with Gasteiger partial charge in [-0.3, -0.25) is 9.59 Å². The molecule has 0 bridgehead atoms. The van der Waals surface area contributed by atoms with Gasteiger partial charge in [-0.15, -0.1) is 0 Å². The SMILES string of the molecule is O=C(O[C@H](C(=O)NC1CC1)c1ccccc1)c1cccc(N2CCCC2=O)c1. The Balaban J connectivity index is 1.54. The van der Waals surface area contributed by atoms with Crippen LogP contribution in [0.3, 0.4) is 0 Å². The van der Waals surface area contributed by atoms with Crippen LogP contribution in [0.1, 0.15) is 47.7 Å². The van der Waals surface area contributed by atoms with E-state index >= 15 is 0 Å². The Hall–Kier alpha value is -3.15. The zero-order valence-electron chi connectivity index (χ0n) is 15.5. The van der Waals surface area contributed by atoms with Crippen LogP contribution in [0.5, 0.6) is 0 Å². The molecule has 0 spiro atoms. The van der Waals surface area contributed by atoms with Crippen LogP contribution in [0.25, 0.3) is 0 Å². The first-order valence-electron chi connectivity index (χ1n) is 9.58. The van der Waals surface area contributed by atoms with E-state index in [1.807, 2.05) is 6.07 Å². The van der Waals surface area contributed by atoms with Gasteiger partial charge in [0.1, 0.15) is 0 Å². The van der Waals surface area contributed by atoms with Crippen LogP contribution in [0.2, 0.25) is 0 Å². The van der Waals surface area contributed by atoms with E-state index in [0.717, 1.165) is 19.3 Å². The van der Waals surface area contributed by atoms with Gasteiger partial charge >= 0.3 is 5.97 Å². The van der Waals surface area contributed by atoms with Crippen LogP contribution in [-0.4, -0.2) is 30.4 Å². The third kappa shape index (κ3) is 4.06. The fourth-order valence-electron chi connectivity index (χ4n) is 3.30. The van der Waals surface area contributed by atoms with Gasteiger partial charge in [0, 0.05) is 30.3 Å². The number of amides is 2. The first-order chi connectivity index (χ1) is 13.6. The molecular formula is C22H22N2O4. The van der Waals surface area contributed by atoms with Gasteiger partial charge in [-0.2, -0.15) is 0 Å². The number of hydrogen-bond acceptors (Lipinski definition) is 4. The molecule has 144 valence electrons. The first kappa shape index (κ1) is 18.2. The summed E-state index contributed by atoms with van der Waals surface area (Å²) < 4.78 is 5.60. The molecule has 0 unspecified atom stereocenters. The highest BCUT2D eigenvalue weighted by Gasteiger charge is 2.31. The molecule has 1 aliphatic carbocycles. The molecule has 2 aromatic carbocycles. The summed E-state index contributed by atoms with van der Waals surface area (Å²) in [5, 5.41) is 2.90. The van der Waals surface area contributed by atoms with Crippen LogP contribution in [0, 0.1) is 0 Å². The molecule has 6 heteroatoms. The number of ether oxygens (including phenoxy) is 1. The summed E-state index contributed by atoms with van der Waals surface area (Å²) in [4.78, 5) is 39.1. The number of rotatable bonds is 6. The van der Waals surface area contributed by atoms with Crippen molar-refractivity contribution in [2.24, 2.45) is 0 Å². The van der Waals surface area contributed by atoms with Crippen molar-refractivity contribution in [3.8, 4) is 0 Å². The summed E-state index contributed by atoms with van der Waals surface area (Å²) in [6.45, 7) is 0.647. The van der Waals surface area contributed by atoms with Gasteiger partial charge in [-0.05, 0) is 37.5 Å². The lowest BCUT2D eigenvalue weighted by Gasteiger charge is -2.19. The van der Waals surface area contributed by atoms with Crippen molar-refractivity contribution >= 4 is 23.5 Å². The Morgan fingerprint density at radius 3 is 2.54 bits per heavy atom. The first-order valence-corrected chi connectivity index (χ1v) is 9.58. The topological polar surface area (TPSA) is 75.7 Å². The summed E-state index contributed by atoms with van der Waals surface area (Å²) in [6.07, 6.45) is 2.23. The molecule has 4 rings (SSSR count). The van der Waals surface area contributed by atoms with E-state index in [1.165, 1.54) is 0 Å². The van der Waals surface area contributed by atoms with Crippen LogP contribution in [-0.2, 0) is 14.3 Å². The molecule has 1 atom stereocenters. The van der Waals surface area contributed by atoms with E-state index in [0.29, 0.717) is 29.8 Å². The standard InChI is InChI=1S/C22H22N2O4/c25-19-10-5-13-24(19)18-9-4-8-16(14-18)22(27)28-20(15-6-2-1-3-7-15)21(26)23-17-11-12-17/h1-4,6-9,14,17,20H,5,10-13H2,(H,23,26)/t20-/m0/s1. The lowest BCUT2D eigenvalue weighted by molar-refractivity contribution is -0.130. The average molecular weight is 378 g/mol. The predicted octanol–water partition coefficient (Wildman–Crippen LogP) is 2.99. The lowest BCUT2D eigenvalue weighted by atomic mass is 10.1. The Labute approximate surface area is 163 Å². The molecule has 1 saturated carbocycles. The fourth-order valence-corrected chi connectivity index (χ4v) is 3.30. The van der Waals surface area contributed by atoms with Gasteiger partial charge in [-0.1, -0.05) is 36.4 Å². The quantitative estimate of drug-likeness (QED) is 0.784. The van der Waals surface area contributed by atoms with Crippen molar-refractivity contribution in [2.45, 2.75) is 37.8 Å². The second kappa shape index (κ2) is 7.84. The Kier molecular flexibility index (Phi) is 5.10. The molecule has 2 amide bonds. The van der Waals surface area contributed by atoms with Crippen molar-refractivity contribution in [3.05, 3.63) is 65.7 Å². The molecule has 1 heterocycles. The van der Waals surface area contributed by atoms with E-state index < -0.39 is 12.1 Å². The second-order valence-corrected chi connectivity index (χ2v) is 7.18. The van der Waals surface area contributed by atoms with Gasteiger partial charge in [0.25, 0.3) is 5.91 Å². The zero-order chi connectivity index (χ0) is 19.5. The predicted molar refractivity (Wildman–Crippen MR) is 104 cm³/mol. The minimum absolute atomic E-state index is 0.0523. The second-order valence-electron chi connectivity index (χ2n) is 7.18. The number of esters is 1. The monoisotopic (exact) mass is 378 g/mol. The molecule has 1 N–H and O–H groups in total. The third-order valence-electron chi connectivity index (χ3n) is 4.96. The van der Waals surface area contributed by atoms with Gasteiger partial charge < -0.3 is 15.0 Å². The molecule has 2 aromatic rings. The lowest BCUT2D eigenvalue weighted by Crippen LogP contribution is -2.33. The van der Waals surface area contributed by atoms with E-state index in [1.54, 1.807) is 53.4 Å². The summed E-state index contributed by atoms with van der Waals surface area (Å²) in [6, 6.07) is 16.0. The number of nitrogens with one attached hydrogen (secondary N) is 1. The van der Waals surface area contributed by atoms with Gasteiger partial charge in [-0.25, -0.2) is 4.79 Å². The summed E-state index contributed by atoms with van der Waals surface area (Å²) in [7, 11) is 0. The third-order valence-corrected chi connectivity index (χ3v) is 4.96. The maximum Gasteiger partial charge on any atom is 0.339 e. The minimum Gasteiger partial charge on any atom is -0.444 e. The Morgan fingerprint density at radius 2 is 1.86 bits per heavy atom. The summed E-state index contributed by atoms with van der Waals surface area (Å²) in [5.74, 6) is -0.849. The molecule has 1 saturated heterocycles. The molecule has 0 aromatic heterocycles. The number of hydrogen-bond donors (Lipinski definition) is 1. The van der Waals surface area contributed by atoms with Crippen molar-refractivity contribution in [1.29, 1.82) is 0 Å². The maximum atomic E-state index is 12.8. The number of carbonyl (C=O) groups excluding carboxylic acids is 3. The zero-order valence-corrected chi connectivity index (χ0v) is 15.5. The van der Waals surface area contributed by atoms with Crippen LogP contribution >= 0.6 is 0 Å². The van der Waals surface area contributed by atoms with Gasteiger partial charge in [0.05, 0.1) is 5.56 Å². The molecule has 6 nitrogen and oxygen atoms in total. The van der Waals surface area contributed by atoms with Gasteiger partial charge in [0.2, 0.25) is 12.0 Å². The molecular weight excluding hydrogens is 356 g/mol. The molecule has 2 aliphatic rings. The van der Waals surface area contributed by atoms with E-state index in [4.69, 9.17) is 4.74 Å². The van der Waals surface area contributed by atoms with Crippen LogP contribution in [0.15, 0.2) is 54.6 Å². The van der Waals surface area contributed by atoms with Crippen molar-refractivity contribution in [2.75, 3.05) is 11.4 Å². The highest BCUT2D eigenvalue weighted by atomic mass is 16.5. The highest BCUT2D eigenvalue weighted by Crippen LogP contribution is 2.26. The molecule has 28 heavy (non-hydrogen) atoms.